The highest BCUT2D eigenvalue weighted by atomic mass is 16.3. The molecule has 0 radical (unpaired) electrons. The molecular formula is C13H26O2. The third-order valence-corrected chi connectivity index (χ3v) is 2.98. The summed E-state index contributed by atoms with van der Waals surface area (Å²) >= 11 is 0. The molecule has 0 aromatic heterocycles. The van der Waals surface area contributed by atoms with E-state index < -0.39 is 6.10 Å². The van der Waals surface area contributed by atoms with Crippen LogP contribution in [0.3, 0.4) is 0 Å². The van der Waals surface area contributed by atoms with Gasteiger partial charge < -0.3 is 9.90 Å². The molecule has 0 aromatic rings. The Balaban J connectivity index is 3.42. The molecule has 0 rings (SSSR count). The van der Waals surface area contributed by atoms with Crippen molar-refractivity contribution in [1.82, 2.24) is 0 Å². The molecule has 2 nitrogen and oxygen atoms in total. The molecule has 2 atom stereocenters. The molecule has 0 unspecified atom stereocenters. The van der Waals surface area contributed by atoms with Crippen molar-refractivity contribution in [2.75, 3.05) is 0 Å². The summed E-state index contributed by atoms with van der Waals surface area (Å²) in [6.07, 6.45) is 9.44. The Hall–Kier alpha value is -0.370. The first-order valence-corrected chi connectivity index (χ1v) is 6.39. The van der Waals surface area contributed by atoms with Crippen LogP contribution in [0.4, 0.5) is 0 Å². The van der Waals surface area contributed by atoms with E-state index >= 15 is 0 Å². The zero-order chi connectivity index (χ0) is 11.5. The average Bonchev–Trinajstić information content (AvgIpc) is 2.27. The van der Waals surface area contributed by atoms with Gasteiger partial charge in [0.25, 0.3) is 0 Å². The van der Waals surface area contributed by atoms with E-state index in [9.17, 15) is 9.90 Å². The van der Waals surface area contributed by atoms with Gasteiger partial charge in [-0.1, -0.05) is 52.4 Å². The Morgan fingerprint density at radius 2 is 1.67 bits per heavy atom. The third-order valence-electron chi connectivity index (χ3n) is 2.98. The van der Waals surface area contributed by atoms with Crippen molar-refractivity contribution in [1.29, 1.82) is 0 Å². The molecule has 90 valence electrons. The lowest BCUT2D eigenvalue weighted by Crippen LogP contribution is -2.20. The van der Waals surface area contributed by atoms with E-state index in [2.05, 4.69) is 6.92 Å². The van der Waals surface area contributed by atoms with E-state index in [0.717, 1.165) is 19.1 Å². The number of aliphatic hydroxyl groups excluding tert-OH is 1. The van der Waals surface area contributed by atoms with Crippen LogP contribution in [0.5, 0.6) is 0 Å². The summed E-state index contributed by atoms with van der Waals surface area (Å²) in [4.78, 5) is 10.7. The Morgan fingerprint density at radius 3 is 2.20 bits per heavy atom. The molecule has 2 heteroatoms. The topological polar surface area (TPSA) is 37.3 Å². The van der Waals surface area contributed by atoms with Crippen molar-refractivity contribution >= 4 is 6.29 Å². The molecule has 0 fully saturated rings. The maximum atomic E-state index is 10.7. The van der Waals surface area contributed by atoms with Crippen LogP contribution >= 0.6 is 0 Å². The number of aldehydes is 1. The summed E-state index contributed by atoms with van der Waals surface area (Å²) < 4.78 is 0. The number of rotatable bonds is 10. The molecule has 0 aliphatic heterocycles. The summed E-state index contributed by atoms with van der Waals surface area (Å²) in [6.45, 7) is 4.13. The lowest BCUT2D eigenvalue weighted by Gasteiger charge is -2.15. The summed E-state index contributed by atoms with van der Waals surface area (Å²) in [7, 11) is 0. The fraction of sp³-hybridized carbons (Fsp3) is 0.923. The quantitative estimate of drug-likeness (QED) is 0.447. The molecule has 0 bridgehead atoms. The number of unbranched alkanes of at least 4 members (excludes halogenated alkanes) is 5. The summed E-state index contributed by atoms with van der Waals surface area (Å²) in [5, 5.41) is 9.53. The second-order valence-corrected chi connectivity index (χ2v) is 4.33. The molecule has 0 aromatic carbocycles. The molecule has 0 saturated carbocycles. The standard InChI is InChI=1S/C13H26O2/c1-3-5-6-7-8-9-10-12(11-14)13(15)4-2/h11-13,15H,3-10H2,1-2H3/t12-,13+/m0/s1. The van der Waals surface area contributed by atoms with E-state index in [1.165, 1.54) is 32.1 Å². The number of hydrogen-bond donors (Lipinski definition) is 1. The number of carbonyl (C=O) groups is 1. The van der Waals surface area contributed by atoms with Crippen molar-refractivity contribution in [3.63, 3.8) is 0 Å². The van der Waals surface area contributed by atoms with Crippen molar-refractivity contribution in [3.05, 3.63) is 0 Å². The van der Waals surface area contributed by atoms with Gasteiger partial charge in [0.15, 0.2) is 0 Å². The largest absolute Gasteiger partial charge is 0.392 e. The highest BCUT2D eigenvalue weighted by molar-refractivity contribution is 5.54. The zero-order valence-electron chi connectivity index (χ0n) is 10.2. The van der Waals surface area contributed by atoms with Gasteiger partial charge in [-0.3, -0.25) is 0 Å². The van der Waals surface area contributed by atoms with Crippen LogP contribution in [0, 0.1) is 5.92 Å². The van der Waals surface area contributed by atoms with Gasteiger partial charge in [0.2, 0.25) is 0 Å². The van der Waals surface area contributed by atoms with Crippen molar-refractivity contribution in [2.24, 2.45) is 5.92 Å². The highest BCUT2D eigenvalue weighted by Crippen LogP contribution is 2.15. The predicted molar refractivity (Wildman–Crippen MR) is 63.8 cm³/mol. The molecule has 0 spiro atoms. The Kier molecular flexibility index (Phi) is 9.91. The van der Waals surface area contributed by atoms with Crippen molar-refractivity contribution < 1.29 is 9.90 Å². The van der Waals surface area contributed by atoms with E-state index in [-0.39, 0.29) is 5.92 Å². The number of aliphatic hydroxyl groups is 1. The van der Waals surface area contributed by atoms with Crippen LogP contribution in [0.1, 0.15) is 65.2 Å². The minimum absolute atomic E-state index is 0.138. The molecular weight excluding hydrogens is 188 g/mol. The van der Waals surface area contributed by atoms with Gasteiger partial charge in [0.05, 0.1) is 6.10 Å². The van der Waals surface area contributed by atoms with Gasteiger partial charge in [-0.15, -0.1) is 0 Å². The van der Waals surface area contributed by atoms with Gasteiger partial charge in [-0.05, 0) is 12.8 Å². The van der Waals surface area contributed by atoms with Crippen molar-refractivity contribution in [2.45, 2.75) is 71.3 Å². The second-order valence-electron chi connectivity index (χ2n) is 4.33. The van der Waals surface area contributed by atoms with E-state index in [4.69, 9.17) is 0 Å². The van der Waals surface area contributed by atoms with Gasteiger partial charge in [-0.25, -0.2) is 0 Å². The fourth-order valence-electron chi connectivity index (χ4n) is 1.81. The highest BCUT2D eigenvalue weighted by Gasteiger charge is 2.15. The average molecular weight is 214 g/mol. The maximum Gasteiger partial charge on any atom is 0.125 e. The summed E-state index contributed by atoms with van der Waals surface area (Å²) in [6, 6.07) is 0. The van der Waals surface area contributed by atoms with Crippen LogP contribution in [0.15, 0.2) is 0 Å². The first kappa shape index (κ1) is 14.6. The maximum absolute atomic E-state index is 10.7. The van der Waals surface area contributed by atoms with Crippen molar-refractivity contribution in [3.8, 4) is 0 Å². The summed E-state index contributed by atoms with van der Waals surface area (Å²) in [5.41, 5.74) is 0. The van der Waals surface area contributed by atoms with Crippen LogP contribution < -0.4 is 0 Å². The smallest absolute Gasteiger partial charge is 0.125 e. The molecule has 15 heavy (non-hydrogen) atoms. The Bertz CT molecular complexity index is 145. The minimum Gasteiger partial charge on any atom is -0.392 e. The lowest BCUT2D eigenvalue weighted by atomic mass is 9.95. The third kappa shape index (κ3) is 7.55. The SMILES string of the molecule is CCCCCCCC[C@@H](C=O)[C@H](O)CC. The van der Waals surface area contributed by atoms with Gasteiger partial charge in [0, 0.05) is 5.92 Å². The van der Waals surface area contributed by atoms with Crippen LogP contribution in [0.25, 0.3) is 0 Å². The first-order chi connectivity index (χ1) is 7.26. The zero-order valence-corrected chi connectivity index (χ0v) is 10.2. The number of hydrogen-bond acceptors (Lipinski definition) is 2. The second kappa shape index (κ2) is 10.2. The first-order valence-electron chi connectivity index (χ1n) is 6.39. The molecule has 0 aliphatic rings. The van der Waals surface area contributed by atoms with E-state index in [1.807, 2.05) is 6.92 Å². The molecule has 0 amide bonds. The normalized spacial score (nSPS) is 14.9. The molecule has 0 aliphatic carbocycles. The predicted octanol–water partition coefficient (Wildman–Crippen LogP) is 3.32. The molecule has 0 heterocycles. The van der Waals surface area contributed by atoms with Crippen LogP contribution in [0.2, 0.25) is 0 Å². The van der Waals surface area contributed by atoms with Crippen LogP contribution in [-0.2, 0) is 4.79 Å². The molecule has 0 saturated heterocycles. The fourth-order valence-corrected chi connectivity index (χ4v) is 1.81. The minimum atomic E-state index is -0.432. The summed E-state index contributed by atoms with van der Waals surface area (Å²) in [5.74, 6) is -0.138. The van der Waals surface area contributed by atoms with E-state index in [0.29, 0.717) is 6.42 Å². The van der Waals surface area contributed by atoms with Gasteiger partial charge >= 0.3 is 0 Å². The molecule has 1 N–H and O–H groups in total. The number of carbonyl (C=O) groups excluding carboxylic acids is 1. The van der Waals surface area contributed by atoms with Gasteiger partial charge in [-0.2, -0.15) is 0 Å². The Labute approximate surface area is 94.1 Å². The monoisotopic (exact) mass is 214 g/mol. The van der Waals surface area contributed by atoms with Crippen LogP contribution in [-0.4, -0.2) is 17.5 Å². The Morgan fingerprint density at radius 1 is 1.07 bits per heavy atom. The van der Waals surface area contributed by atoms with Gasteiger partial charge in [0.1, 0.15) is 6.29 Å². The lowest BCUT2D eigenvalue weighted by molar-refractivity contribution is -0.114. The van der Waals surface area contributed by atoms with E-state index in [1.54, 1.807) is 0 Å².